The predicted octanol–water partition coefficient (Wildman–Crippen LogP) is 0.285. The first-order chi connectivity index (χ1) is 8.72. The fourth-order valence-corrected chi connectivity index (χ4v) is 2.37. The molecule has 1 rings (SSSR count). The van der Waals surface area contributed by atoms with Gasteiger partial charge in [0.15, 0.2) is 0 Å². The summed E-state index contributed by atoms with van der Waals surface area (Å²) in [5.41, 5.74) is 0. The van der Waals surface area contributed by atoms with E-state index >= 15 is 0 Å². The first-order valence-electron chi connectivity index (χ1n) is 5.60. The zero-order chi connectivity index (χ0) is 14.6. The molecular formula is C10H17N3O5S. The number of carboxylic acid groups (broad SMARTS) is 1. The third-order valence-electron chi connectivity index (χ3n) is 2.39. The first kappa shape index (κ1) is 15.6. The Morgan fingerprint density at radius 1 is 1.63 bits per heavy atom. The van der Waals surface area contributed by atoms with Gasteiger partial charge in [-0.05, 0) is 13.8 Å². The van der Waals surface area contributed by atoms with Crippen molar-refractivity contribution in [3.63, 3.8) is 0 Å². The lowest BCUT2D eigenvalue weighted by molar-refractivity contribution is -0.137. The number of oxazole rings is 1. The third-order valence-corrected chi connectivity index (χ3v) is 4.04. The van der Waals surface area contributed by atoms with Gasteiger partial charge in [0, 0.05) is 13.6 Å². The molecule has 0 saturated carbocycles. The highest BCUT2D eigenvalue weighted by Crippen LogP contribution is 2.13. The molecule has 108 valence electrons. The molecular weight excluding hydrogens is 274 g/mol. The van der Waals surface area contributed by atoms with Gasteiger partial charge in [-0.1, -0.05) is 0 Å². The predicted molar refractivity (Wildman–Crippen MR) is 66.6 cm³/mol. The Balaban J connectivity index is 2.65. The average Bonchev–Trinajstić information content (AvgIpc) is 2.72. The summed E-state index contributed by atoms with van der Waals surface area (Å²) in [6, 6.07) is -0.633. The van der Waals surface area contributed by atoms with Crippen molar-refractivity contribution in [3.8, 4) is 0 Å². The van der Waals surface area contributed by atoms with Crippen LogP contribution in [0, 0.1) is 6.92 Å². The highest BCUT2D eigenvalue weighted by Gasteiger charge is 2.23. The number of hydrogen-bond acceptors (Lipinski definition) is 5. The highest BCUT2D eigenvalue weighted by molar-refractivity contribution is 7.87. The minimum absolute atomic E-state index is 0.109. The molecule has 19 heavy (non-hydrogen) atoms. The van der Waals surface area contributed by atoms with Gasteiger partial charge in [0.05, 0.1) is 18.7 Å². The molecule has 0 radical (unpaired) electrons. The van der Waals surface area contributed by atoms with Crippen LogP contribution in [0.5, 0.6) is 0 Å². The number of aryl methyl sites for hydroxylation is 1. The van der Waals surface area contributed by atoms with E-state index in [4.69, 9.17) is 9.52 Å². The van der Waals surface area contributed by atoms with Crippen LogP contribution in [0.3, 0.4) is 0 Å². The van der Waals surface area contributed by atoms with Crippen LogP contribution in [0.1, 0.15) is 31.0 Å². The maximum atomic E-state index is 11.9. The monoisotopic (exact) mass is 291 g/mol. The van der Waals surface area contributed by atoms with Crippen LogP contribution in [-0.4, -0.2) is 42.4 Å². The molecule has 0 saturated heterocycles. The van der Waals surface area contributed by atoms with Gasteiger partial charge in [-0.15, -0.1) is 0 Å². The number of carboxylic acids is 1. The Labute approximate surface area is 111 Å². The summed E-state index contributed by atoms with van der Waals surface area (Å²) in [6.45, 7) is 3.19. The topological polar surface area (TPSA) is 113 Å². The lowest BCUT2D eigenvalue weighted by Crippen LogP contribution is -2.40. The number of hydrogen-bond donors (Lipinski definition) is 2. The molecule has 0 aromatic carbocycles. The maximum absolute atomic E-state index is 11.9. The number of rotatable bonds is 7. The lowest BCUT2D eigenvalue weighted by atomic mass is 10.4. The Bertz CT molecular complexity index is 539. The van der Waals surface area contributed by atoms with E-state index in [0.717, 1.165) is 4.31 Å². The molecule has 1 atom stereocenters. The van der Waals surface area contributed by atoms with E-state index in [9.17, 15) is 13.2 Å². The Hall–Kier alpha value is -1.45. The standard InChI is InChI=1S/C10H17N3O5S/c1-7-6-11-10(18-7)8(2)12-19(16,17)13(3)5-4-9(14)15/h6,8,12H,4-5H2,1-3H3,(H,14,15). The van der Waals surface area contributed by atoms with Crippen molar-refractivity contribution in [2.45, 2.75) is 26.3 Å². The SMILES string of the molecule is Cc1cnc(C(C)NS(=O)(=O)N(C)CCC(=O)O)o1. The van der Waals surface area contributed by atoms with Gasteiger partial charge >= 0.3 is 5.97 Å². The normalized spacial score (nSPS) is 13.7. The van der Waals surface area contributed by atoms with Crippen LogP contribution in [0.25, 0.3) is 0 Å². The van der Waals surface area contributed by atoms with E-state index in [0.29, 0.717) is 5.76 Å². The zero-order valence-electron chi connectivity index (χ0n) is 11.0. The lowest BCUT2D eigenvalue weighted by Gasteiger charge is -2.19. The number of carbonyl (C=O) groups is 1. The second-order valence-corrected chi connectivity index (χ2v) is 5.93. The Morgan fingerprint density at radius 3 is 2.74 bits per heavy atom. The van der Waals surface area contributed by atoms with Gasteiger partial charge in [-0.3, -0.25) is 4.79 Å². The molecule has 1 aromatic rings. The second-order valence-electron chi connectivity index (χ2n) is 4.12. The van der Waals surface area contributed by atoms with E-state index in [1.54, 1.807) is 13.8 Å². The van der Waals surface area contributed by atoms with E-state index in [1.165, 1.54) is 13.2 Å². The van der Waals surface area contributed by atoms with Crippen LogP contribution in [0.4, 0.5) is 0 Å². The van der Waals surface area contributed by atoms with Crippen LogP contribution in [0.2, 0.25) is 0 Å². The van der Waals surface area contributed by atoms with Crippen molar-refractivity contribution in [2.75, 3.05) is 13.6 Å². The van der Waals surface area contributed by atoms with E-state index < -0.39 is 22.2 Å². The van der Waals surface area contributed by atoms with Gasteiger partial charge < -0.3 is 9.52 Å². The summed E-state index contributed by atoms with van der Waals surface area (Å²) in [5, 5.41) is 8.52. The van der Waals surface area contributed by atoms with Crippen molar-refractivity contribution in [1.29, 1.82) is 0 Å². The quantitative estimate of drug-likeness (QED) is 0.746. The number of aliphatic carboxylic acids is 1. The van der Waals surface area contributed by atoms with Crippen molar-refractivity contribution in [1.82, 2.24) is 14.0 Å². The molecule has 0 bridgehead atoms. The van der Waals surface area contributed by atoms with E-state index in [-0.39, 0.29) is 18.9 Å². The highest BCUT2D eigenvalue weighted by atomic mass is 32.2. The fourth-order valence-electron chi connectivity index (χ4n) is 1.31. The summed E-state index contributed by atoms with van der Waals surface area (Å²) < 4.78 is 32.3. The molecule has 0 amide bonds. The minimum atomic E-state index is -3.77. The summed E-state index contributed by atoms with van der Waals surface area (Å²) in [7, 11) is -2.47. The molecule has 1 heterocycles. The van der Waals surface area contributed by atoms with Gasteiger partial charge in [-0.25, -0.2) is 4.98 Å². The van der Waals surface area contributed by atoms with Gasteiger partial charge in [0.2, 0.25) is 5.89 Å². The van der Waals surface area contributed by atoms with Crippen LogP contribution < -0.4 is 4.72 Å². The molecule has 0 aliphatic rings. The molecule has 1 unspecified atom stereocenters. The smallest absolute Gasteiger partial charge is 0.304 e. The third kappa shape index (κ3) is 4.62. The molecule has 1 aromatic heterocycles. The maximum Gasteiger partial charge on any atom is 0.304 e. The summed E-state index contributed by atoms with van der Waals surface area (Å²) in [5.74, 6) is -0.216. The van der Waals surface area contributed by atoms with Gasteiger partial charge in [0.1, 0.15) is 5.76 Å². The van der Waals surface area contributed by atoms with Crippen molar-refractivity contribution in [3.05, 3.63) is 17.8 Å². The molecule has 0 fully saturated rings. The average molecular weight is 291 g/mol. The Kier molecular flexibility index (Phi) is 5.04. The second kappa shape index (κ2) is 6.13. The Morgan fingerprint density at radius 2 is 2.26 bits per heavy atom. The van der Waals surface area contributed by atoms with Gasteiger partial charge in [-0.2, -0.15) is 17.4 Å². The molecule has 0 aliphatic carbocycles. The number of aromatic nitrogens is 1. The van der Waals surface area contributed by atoms with Crippen LogP contribution in [0.15, 0.2) is 10.6 Å². The van der Waals surface area contributed by atoms with E-state index in [2.05, 4.69) is 9.71 Å². The molecule has 0 spiro atoms. The fraction of sp³-hybridized carbons (Fsp3) is 0.600. The summed E-state index contributed by atoms with van der Waals surface area (Å²) in [6.07, 6.45) is 1.23. The molecule has 2 N–H and O–H groups in total. The molecule has 0 aliphatic heterocycles. The van der Waals surface area contributed by atoms with E-state index in [1.807, 2.05) is 0 Å². The largest absolute Gasteiger partial charge is 0.481 e. The van der Waals surface area contributed by atoms with Crippen LogP contribution in [-0.2, 0) is 15.0 Å². The number of nitrogens with one attached hydrogen (secondary N) is 1. The first-order valence-corrected chi connectivity index (χ1v) is 7.04. The van der Waals surface area contributed by atoms with Crippen molar-refractivity contribution in [2.24, 2.45) is 0 Å². The van der Waals surface area contributed by atoms with Crippen LogP contribution >= 0.6 is 0 Å². The van der Waals surface area contributed by atoms with Gasteiger partial charge in [0.25, 0.3) is 10.2 Å². The summed E-state index contributed by atoms with van der Waals surface area (Å²) in [4.78, 5) is 14.3. The molecule has 9 heteroatoms. The minimum Gasteiger partial charge on any atom is -0.481 e. The van der Waals surface area contributed by atoms with Crippen molar-refractivity contribution >= 4 is 16.2 Å². The zero-order valence-corrected chi connectivity index (χ0v) is 11.8. The summed E-state index contributed by atoms with van der Waals surface area (Å²) >= 11 is 0. The van der Waals surface area contributed by atoms with Crippen molar-refractivity contribution < 1.29 is 22.7 Å². The number of nitrogens with zero attached hydrogens (tertiary/aromatic N) is 2. The molecule has 8 nitrogen and oxygen atoms in total.